The molecule has 1 aromatic carbocycles. The van der Waals surface area contributed by atoms with Crippen LogP contribution in [-0.4, -0.2) is 14.8 Å². The zero-order valence-corrected chi connectivity index (χ0v) is 15.6. The molecule has 1 aliphatic rings. The third kappa shape index (κ3) is 3.00. The molecule has 0 saturated heterocycles. The molecule has 1 N–H and O–H groups in total. The Balaban J connectivity index is 2.03. The number of aryl methyl sites for hydroxylation is 1. The first-order valence-corrected chi connectivity index (χ1v) is 8.58. The standard InChI is InChI=1S/C18H19F4N3S/c1-9-8-17(2,3)10-6-5-7-11(12(9)10)23-16(26)13-14(18(20,21)22)24-25(4)15(13)19/h5-7,9H,8H2,1-4H3,(H,23,26). The van der Waals surface area contributed by atoms with E-state index in [0.29, 0.717) is 10.4 Å². The van der Waals surface area contributed by atoms with Crippen LogP contribution in [0, 0.1) is 5.95 Å². The lowest BCUT2D eigenvalue weighted by molar-refractivity contribution is -0.141. The lowest BCUT2D eigenvalue weighted by atomic mass is 9.86. The quantitative estimate of drug-likeness (QED) is 0.573. The van der Waals surface area contributed by atoms with Crippen molar-refractivity contribution in [2.24, 2.45) is 7.05 Å². The normalized spacial score (nSPS) is 18.7. The van der Waals surface area contributed by atoms with Gasteiger partial charge in [0, 0.05) is 12.7 Å². The number of halogens is 4. The minimum absolute atomic E-state index is 0.0370. The van der Waals surface area contributed by atoms with Gasteiger partial charge in [-0.2, -0.15) is 22.7 Å². The highest BCUT2D eigenvalue weighted by Gasteiger charge is 2.41. The van der Waals surface area contributed by atoms with E-state index in [1.165, 1.54) is 0 Å². The maximum Gasteiger partial charge on any atom is 0.435 e. The van der Waals surface area contributed by atoms with E-state index in [4.69, 9.17) is 12.2 Å². The summed E-state index contributed by atoms with van der Waals surface area (Å²) in [7, 11) is 1.11. The van der Waals surface area contributed by atoms with Crippen LogP contribution in [0.2, 0.25) is 0 Å². The first kappa shape index (κ1) is 18.8. The zero-order chi connectivity index (χ0) is 19.4. The van der Waals surface area contributed by atoms with Gasteiger partial charge in [0.25, 0.3) is 0 Å². The first-order valence-electron chi connectivity index (χ1n) is 8.18. The predicted molar refractivity (Wildman–Crippen MR) is 96.0 cm³/mol. The summed E-state index contributed by atoms with van der Waals surface area (Å²) in [5, 5.41) is 6.08. The van der Waals surface area contributed by atoms with Crippen LogP contribution in [0.4, 0.5) is 23.2 Å². The number of nitrogens with zero attached hydrogens (tertiary/aromatic N) is 2. The van der Waals surface area contributed by atoms with E-state index in [-0.39, 0.29) is 16.3 Å². The molecule has 0 radical (unpaired) electrons. The molecule has 2 aromatic rings. The van der Waals surface area contributed by atoms with E-state index < -0.39 is 23.4 Å². The second kappa shape index (κ2) is 6.04. The first-order chi connectivity index (χ1) is 11.9. The molecule has 1 heterocycles. The number of alkyl halides is 3. The molecule has 3 nitrogen and oxygen atoms in total. The molecule has 8 heteroatoms. The summed E-state index contributed by atoms with van der Waals surface area (Å²) in [6, 6.07) is 5.59. The van der Waals surface area contributed by atoms with Gasteiger partial charge in [-0.3, -0.25) is 0 Å². The number of anilines is 1. The second-order valence-electron chi connectivity index (χ2n) is 7.35. The smallest absolute Gasteiger partial charge is 0.346 e. The molecule has 140 valence electrons. The Labute approximate surface area is 154 Å². The van der Waals surface area contributed by atoms with Gasteiger partial charge < -0.3 is 5.32 Å². The summed E-state index contributed by atoms with van der Waals surface area (Å²) in [5.41, 5.74) is 0.665. The van der Waals surface area contributed by atoms with Crippen molar-refractivity contribution in [3.8, 4) is 0 Å². The van der Waals surface area contributed by atoms with Gasteiger partial charge in [0.15, 0.2) is 5.69 Å². The van der Waals surface area contributed by atoms with Crippen molar-refractivity contribution in [2.75, 3.05) is 5.32 Å². The molecule has 1 atom stereocenters. The van der Waals surface area contributed by atoms with Crippen molar-refractivity contribution in [1.82, 2.24) is 9.78 Å². The summed E-state index contributed by atoms with van der Waals surface area (Å²) in [6.07, 6.45) is -3.88. The summed E-state index contributed by atoms with van der Waals surface area (Å²) in [5.74, 6) is -0.900. The highest BCUT2D eigenvalue weighted by molar-refractivity contribution is 7.81. The van der Waals surface area contributed by atoms with E-state index in [2.05, 4.69) is 31.2 Å². The maximum atomic E-state index is 14.3. The molecule has 1 aromatic heterocycles. The van der Waals surface area contributed by atoms with E-state index in [1.807, 2.05) is 12.1 Å². The summed E-state index contributed by atoms with van der Waals surface area (Å²) >= 11 is 5.12. The fourth-order valence-electron chi connectivity index (χ4n) is 3.86. The maximum absolute atomic E-state index is 14.3. The highest BCUT2D eigenvalue weighted by Crippen LogP contribution is 2.48. The van der Waals surface area contributed by atoms with Gasteiger partial charge in [-0.15, -0.1) is 0 Å². The van der Waals surface area contributed by atoms with Crippen molar-refractivity contribution in [3.05, 3.63) is 46.5 Å². The molecule has 0 amide bonds. The van der Waals surface area contributed by atoms with Gasteiger partial charge in [0.1, 0.15) is 4.99 Å². The topological polar surface area (TPSA) is 29.9 Å². The highest BCUT2D eigenvalue weighted by atomic mass is 32.1. The van der Waals surface area contributed by atoms with Crippen molar-refractivity contribution in [3.63, 3.8) is 0 Å². The van der Waals surface area contributed by atoms with E-state index >= 15 is 0 Å². The number of benzene rings is 1. The molecule has 0 aliphatic heterocycles. The van der Waals surface area contributed by atoms with Gasteiger partial charge >= 0.3 is 6.18 Å². The van der Waals surface area contributed by atoms with Crippen LogP contribution < -0.4 is 5.32 Å². The summed E-state index contributed by atoms with van der Waals surface area (Å²) in [6.45, 7) is 6.31. The van der Waals surface area contributed by atoms with Crippen LogP contribution in [0.1, 0.15) is 55.5 Å². The monoisotopic (exact) mass is 385 g/mol. The molecule has 26 heavy (non-hydrogen) atoms. The Morgan fingerprint density at radius 2 is 2.00 bits per heavy atom. The predicted octanol–water partition coefficient (Wildman–Crippen LogP) is 5.15. The Morgan fingerprint density at radius 3 is 2.62 bits per heavy atom. The molecule has 3 rings (SSSR count). The Morgan fingerprint density at radius 1 is 1.35 bits per heavy atom. The molecular weight excluding hydrogens is 366 g/mol. The second-order valence-corrected chi connectivity index (χ2v) is 7.75. The minimum Gasteiger partial charge on any atom is -0.346 e. The number of aromatic nitrogens is 2. The number of thiocarbonyl (C=S) groups is 1. The van der Waals surface area contributed by atoms with E-state index in [1.54, 1.807) is 6.07 Å². The van der Waals surface area contributed by atoms with E-state index in [0.717, 1.165) is 24.6 Å². The molecule has 1 unspecified atom stereocenters. The van der Waals surface area contributed by atoms with E-state index in [9.17, 15) is 17.6 Å². The average molecular weight is 385 g/mol. The number of rotatable bonds is 2. The number of nitrogens with one attached hydrogen (secondary N) is 1. The van der Waals surface area contributed by atoms with Crippen molar-refractivity contribution < 1.29 is 17.6 Å². The number of hydrogen-bond acceptors (Lipinski definition) is 2. The third-order valence-corrected chi connectivity index (χ3v) is 5.17. The van der Waals surface area contributed by atoms with Crippen LogP contribution in [-0.2, 0) is 18.6 Å². The van der Waals surface area contributed by atoms with Gasteiger partial charge in [-0.05, 0) is 34.9 Å². The van der Waals surface area contributed by atoms with Gasteiger partial charge in [-0.25, -0.2) is 4.68 Å². The SMILES string of the molecule is CC1CC(C)(C)c2cccc(NC(=S)c3c(C(F)(F)F)nn(C)c3F)c21. The number of hydrogen-bond donors (Lipinski definition) is 1. The summed E-state index contributed by atoms with van der Waals surface area (Å²) < 4.78 is 54.4. The Hall–Kier alpha value is -1.96. The van der Waals surface area contributed by atoms with Crippen LogP contribution in [0.15, 0.2) is 18.2 Å². The molecule has 0 spiro atoms. The number of fused-ring (bicyclic) bond motifs is 1. The van der Waals surface area contributed by atoms with Crippen molar-refractivity contribution >= 4 is 22.9 Å². The fraction of sp³-hybridized carbons (Fsp3) is 0.444. The molecular formula is C18H19F4N3S. The third-order valence-electron chi connectivity index (χ3n) is 4.87. The van der Waals surface area contributed by atoms with Gasteiger partial charge in [-0.1, -0.05) is 45.1 Å². The minimum atomic E-state index is -4.79. The van der Waals surface area contributed by atoms with Gasteiger partial charge in [0.2, 0.25) is 5.95 Å². The molecule has 0 saturated carbocycles. The van der Waals surface area contributed by atoms with Crippen LogP contribution in [0.5, 0.6) is 0 Å². The lowest BCUT2D eigenvalue weighted by Crippen LogP contribution is -2.19. The van der Waals surface area contributed by atoms with Crippen molar-refractivity contribution in [1.29, 1.82) is 0 Å². The molecule has 1 aliphatic carbocycles. The van der Waals surface area contributed by atoms with Crippen LogP contribution in [0.3, 0.4) is 0 Å². The largest absolute Gasteiger partial charge is 0.435 e. The van der Waals surface area contributed by atoms with Crippen LogP contribution in [0.25, 0.3) is 0 Å². The zero-order valence-electron chi connectivity index (χ0n) is 14.8. The fourth-order valence-corrected chi connectivity index (χ4v) is 4.15. The van der Waals surface area contributed by atoms with Crippen molar-refractivity contribution in [2.45, 2.75) is 44.7 Å². The molecule has 0 bridgehead atoms. The lowest BCUT2D eigenvalue weighted by Gasteiger charge is -2.19. The molecule has 0 fully saturated rings. The average Bonchev–Trinajstić information content (AvgIpc) is 2.94. The van der Waals surface area contributed by atoms with Gasteiger partial charge in [0.05, 0.1) is 5.56 Å². The van der Waals surface area contributed by atoms with Crippen LogP contribution >= 0.6 is 12.2 Å². The Kier molecular flexibility index (Phi) is 4.37. The summed E-state index contributed by atoms with van der Waals surface area (Å²) in [4.78, 5) is -0.326. The Bertz CT molecular complexity index is 883.